The van der Waals surface area contributed by atoms with E-state index < -0.39 is 80.7 Å². The highest BCUT2D eigenvalue weighted by molar-refractivity contribution is 5.81. The Morgan fingerprint density at radius 2 is 1.48 bits per heavy atom. The molecule has 0 radical (unpaired) electrons. The fraction of sp³-hybridized carbons (Fsp3) is 0.913. The van der Waals surface area contributed by atoms with E-state index >= 15 is 0 Å². The molecule has 234 valence electrons. The highest BCUT2D eigenvalue weighted by Crippen LogP contribution is 2.29. The molecule has 40 heavy (non-hydrogen) atoms. The standard InChI is InChI=1S/C23H43N3O14/c1-24-11(3-2-4-14(30)25-5-7-27)21(36)26-6-8-37-22-19(35)20(16(32)13(10-29)38-22)40-23-18(34)17(33)15(31)12(9-28)39-23/h11-13,15-20,22-24,27-29,31-35H,2-10H2,1H3,(H,25,30)(H,26,36)/t11-,12+,13+,15+,16+,17-,18-,19-,20-,22-,23+/m0/s1. The highest BCUT2D eigenvalue weighted by atomic mass is 16.7. The van der Waals surface area contributed by atoms with Crippen molar-refractivity contribution in [1.29, 1.82) is 0 Å². The van der Waals surface area contributed by atoms with Gasteiger partial charge in [-0.2, -0.15) is 0 Å². The largest absolute Gasteiger partial charge is 0.395 e. The molecule has 2 amide bonds. The maximum atomic E-state index is 12.5. The lowest BCUT2D eigenvalue weighted by molar-refractivity contribution is -0.360. The number of ether oxygens (including phenoxy) is 4. The van der Waals surface area contributed by atoms with Crippen molar-refractivity contribution < 1.29 is 69.4 Å². The molecular weight excluding hydrogens is 542 g/mol. The number of carbonyl (C=O) groups is 2. The van der Waals surface area contributed by atoms with Gasteiger partial charge in [0.15, 0.2) is 12.6 Å². The highest BCUT2D eigenvalue weighted by Gasteiger charge is 2.50. The van der Waals surface area contributed by atoms with Crippen LogP contribution in [0.25, 0.3) is 0 Å². The molecular formula is C23H43N3O14. The van der Waals surface area contributed by atoms with Crippen molar-refractivity contribution in [3.63, 3.8) is 0 Å². The van der Waals surface area contributed by atoms with Crippen LogP contribution < -0.4 is 16.0 Å². The molecule has 2 saturated heterocycles. The van der Waals surface area contributed by atoms with Crippen LogP contribution in [-0.2, 0) is 28.5 Å². The van der Waals surface area contributed by atoms with Crippen LogP contribution in [-0.4, -0.2) is 167 Å². The van der Waals surface area contributed by atoms with E-state index in [4.69, 9.17) is 24.1 Å². The van der Waals surface area contributed by atoms with E-state index in [-0.39, 0.29) is 44.5 Å². The normalized spacial score (nSPS) is 35.2. The first-order valence-electron chi connectivity index (χ1n) is 13.1. The Morgan fingerprint density at radius 3 is 2.10 bits per heavy atom. The van der Waals surface area contributed by atoms with Crippen molar-refractivity contribution in [3.05, 3.63) is 0 Å². The Morgan fingerprint density at radius 1 is 0.825 bits per heavy atom. The summed E-state index contributed by atoms with van der Waals surface area (Å²) in [5.41, 5.74) is 0. The van der Waals surface area contributed by atoms with Gasteiger partial charge in [0.25, 0.3) is 0 Å². The molecule has 0 saturated carbocycles. The molecule has 2 rings (SSSR count). The summed E-state index contributed by atoms with van der Waals surface area (Å²) in [5, 5.41) is 87.1. The molecule has 11 atom stereocenters. The van der Waals surface area contributed by atoms with E-state index in [1.54, 1.807) is 7.05 Å². The number of amides is 2. The third kappa shape index (κ3) is 9.48. The van der Waals surface area contributed by atoms with Crippen molar-refractivity contribution in [2.45, 2.75) is 86.7 Å². The third-order valence-electron chi connectivity index (χ3n) is 6.64. The van der Waals surface area contributed by atoms with Crippen LogP contribution in [0.1, 0.15) is 19.3 Å². The van der Waals surface area contributed by atoms with Gasteiger partial charge in [-0.1, -0.05) is 0 Å². The Bertz CT molecular complexity index is 764. The molecule has 2 fully saturated rings. The van der Waals surface area contributed by atoms with Crippen molar-refractivity contribution in [2.24, 2.45) is 0 Å². The quantitative estimate of drug-likeness (QED) is 0.0752. The summed E-state index contributed by atoms with van der Waals surface area (Å²) in [6.07, 6.45) is -14.7. The fourth-order valence-electron chi connectivity index (χ4n) is 4.32. The van der Waals surface area contributed by atoms with Gasteiger partial charge in [-0.05, 0) is 19.9 Å². The minimum Gasteiger partial charge on any atom is -0.395 e. The van der Waals surface area contributed by atoms with Gasteiger partial charge in [-0.3, -0.25) is 9.59 Å². The summed E-state index contributed by atoms with van der Waals surface area (Å²) in [6.45, 7) is -1.58. The van der Waals surface area contributed by atoms with E-state index in [1.807, 2.05) is 0 Å². The number of aliphatic hydroxyl groups excluding tert-OH is 8. The predicted molar refractivity (Wildman–Crippen MR) is 132 cm³/mol. The molecule has 0 unspecified atom stereocenters. The van der Waals surface area contributed by atoms with E-state index in [9.17, 15) is 45.3 Å². The maximum Gasteiger partial charge on any atom is 0.237 e. The zero-order chi connectivity index (χ0) is 29.8. The summed E-state index contributed by atoms with van der Waals surface area (Å²) < 4.78 is 21.7. The van der Waals surface area contributed by atoms with Gasteiger partial charge in [0.2, 0.25) is 11.8 Å². The SMILES string of the molecule is CN[C@@H](CCCC(=O)NCCO)C(=O)NCCO[C@H]1O[C@H](CO)[C@@H](O)[C@H](O[C@H]2O[C@H](CO)[C@@H](O)[C@H](O)[C@@H]2O)[C@@H]1O. The second-order valence-corrected chi connectivity index (χ2v) is 9.47. The summed E-state index contributed by atoms with van der Waals surface area (Å²) in [6, 6.07) is -0.590. The first-order chi connectivity index (χ1) is 19.1. The van der Waals surface area contributed by atoms with Crippen LogP contribution in [0.5, 0.6) is 0 Å². The second-order valence-electron chi connectivity index (χ2n) is 9.47. The number of nitrogens with one attached hydrogen (secondary N) is 3. The summed E-state index contributed by atoms with van der Waals surface area (Å²) in [5.74, 6) is -0.594. The zero-order valence-electron chi connectivity index (χ0n) is 22.2. The smallest absolute Gasteiger partial charge is 0.237 e. The molecule has 2 heterocycles. The lowest BCUT2D eigenvalue weighted by Gasteiger charge is -2.45. The number of aliphatic hydroxyl groups is 8. The minimum atomic E-state index is -1.79. The number of carbonyl (C=O) groups excluding carboxylic acids is 2. The first-order valence-corrected chi connectivity index (χ1v) is 13.1. The van der Waals surface area contributed by atoms with Crippen LogP contribution in [0.15, 0.2) is 0 Å². The van der Waals surface area contributed by atoms with E-state index in [0.29, 0.717) is 12.8 Å². The van der Waals surface area contributed by atoms with Crippen LogP contribution in [0.4, 0.5) is 0 Å². The van der Waals surface area contributed by atoms with Crippen LogP contribution in [0.3, 0.4) is 0 Å². The monoisotopic (exact) mass is 585 g/mol. The summed E-state index contributed by atoms with van der Waals surface area (Å²) in [7, 11) is 1.59. The lowest BCUT2D eigenvalue weighted by Crippen LogP contribution is -2.64. The molecule has 2 aliphatic rings. The number of hydrogen-bond acceptors (Lipinski definition) is 15. The Hall–Kier alpha value is -1.58. The molecule has 0 bridgehead atoms. The van der Waals surface area contributed by atoms with E-state index in [2.05, 4.69) is 16.0 Å². The van der Waals surface area contributed by atoms with Crippen LogP contribution in [0.2, 0.25) is 0 Å². The fourth-order valence-corrected chi connectivity index (χ4v) is 4.32. The number of hydrogen-bond donors (Lipinski definition) is 11. The second kappa shape index (κ2) is 17.4. The molecule has 17 nitrogen and oxygen atoms in total. The average molecular weight is 586 g/mol. The first kappa shape index (κ1) is 34.6. The Balaban J connectivity index is 1.87. The molecule has 17 heteroatoms. The van der Waals surface area contributed by atoms with Gasteiger partial charge < -0.3 is 75.8 Å². The Labute approximate surface area is 231 Å². The van der Waals surface area contributed by atoms with Crippen molar-refractivity contribution in [1.82, 2.24) is 16.0 Å². The maximum absolute atomic E-state index is 12.5. The van der Waals surface area contributed by atoms with Crippen molar-refractivity contribution in [3.8, 4) is 0 Å². The number of rotatable bonds is 16. The van der Waals surface area contributed by atoms with Crippen LogP contribution >= 0.6 is 0 Å². The third-order valence-corrected chi connectivity index (χ3v) is 6.64. The molecule has 0 aromatic carbocycles. The Kier molecular flexibility index (Phi) is 15.1. The molecule has 2 aliphatic heterocycles. The predicted octanol–water partition coefficient (Wildman–Crippen LogP) is -6.39. The van der Waals surface area contributed by atoms with Gasteiger partial charge in [-0.15, -0.1) is 0 Å². The van der Waals surface area contributed by atoms with Gasteiger partial charge in [0.05, 0.1) is 32.5 Å². The van der Waals surface area contributed by atoms with Crippen molar-refractivity contribution in [2.75, 3.05) is 46.6 Å². The average Bonchev–Trinajstić information content (AvgIpc) is 2.95. The van der Waals surface area contributed by atoms with Gasteiger partial charge >= 0.3 is 0 Å². The topological polar surface area (TPSA) is 269 Å². The van der Waals surface area contributed by atoms with E-state index in [1.165, 1.54) is 0 Å². The molecule has 11 N–H and O–H groups in total. The lowest BCUT2D eigenvalue weighted by atomic mass is 9.97. The van der Waals surface area contributed by atoms with E-state index in [0.717, 1.165) is 0 Å². The molecule has 0 spiro atoms. The van der Waals surface area contributed by atoms with Crippen molar-refractivity contribution >= 4 is 11.8 Å². The minimum absolute atomic E-state index is 0.00877. The summed E-state index contributed by atoms with van der Waals surface area (Å²) in [4.78, 5) is 24.1. The number of likely N-dealkylation sites (N-methyl/N-ethyl adjacent to an activating group) is 1. The van der Waals surface area contributed by atoms with Gasteiger partial charge in [0, 0.05) is 19.5 Å². The van der Waals surface area contributed by atoms with Gasteiger partial charge in [0.1, 0.15) is 48.8 Å². The molecule has 0 aliphatic carbocycles. The molecule has 0 aromatic heterocycles. The molecule has 0 aromatic rings. The summed E-state index contributed by atoms with van der Waals surface area (Å²) >= 11 is 0. The van der Waals surface area contributed by atoms with Gasteiger partial charge in [-0.25, -0.2) is 0 Å². The zero-order valence-corrected chi connectivity index (χ0v) is 22.2. The van der Waals surface area contributed by atoms with Crippen LogP contribution in [0, 0.1) is 0 Å².